The molecule has 6 N–H and O–H groups in total. The number of aliphatic hydroxyl groups excluding tert-OH is 5. The van der Waals surface area contributed by atoms with Crippen LogP contribution in [0.15, 0.2) is 12.2 Å². The molecule has 1 fully saturated rings. The van der Waals surface area contributed by atoms with Crippen LogP contribution in [0.2, 0.25) is 0 Å². The van der Waals surface area contributed by atoms with Gasteiger partial charge in [-0.2, -0.15) is 0 Å². The zero-order valence-corrected chi connectivity index (χ0v) is 45.0. The Morgan fingerprint density at radius 3 is 1.36 bits per heavy atom. The summed E-state index contributed by atoms with van der Waals surface area (Å²) < 4.78 is 17.6. The Morgan fingerprint density at radius 2 is 0.942 bits per heavy atom. The molecule has 0 aromatic heterocycles. The van der Waals surface area contributed by atoms with Gasteiger partial charge in [0.2, 0.25) is 5.91 Å². The molecule has 8 unspecified atom stereocenters. The summed E-state index contributed by atoms with van der Waals surface area (Å²) in [6.07, 6.45) is 41.1. The molecular weight excluding hydrogens is 871 g/mol. The Balaban J connectivity index is 2.69. The van der Waals surface area contributed by atoms with E-state index in [-0.39, 0.29) is 13.0 Å². The molecule has 0 aromatic rings. The SMILES string of the molecule is CCCCCCCCCCCCC/C=C/C(O)C(COC1OC(CO)C(O)C(O)C1OC(=O)CCCCCCCCCCCCCCCCCCC)NC(=O)C(O)CCCCCCCCCCCC. The molecule has 0 bridgehead atoms. The summed E-state index contributed by atoms with van der Waals surface area (Å²) in [6.45, 7) is 5.79. The summed E-state index contributed by atoms with van der Waals surface area (Å²) in [5.41, 5.74) is 0. The number of hydrogen-bond acceptors (Lipinski definition) is 10. The van der Waals surface area contributed by atoms with Crippen LogP contribution >= 0.6 is 0 Å². The van der Waals surface area contributed by atoms with Crippen molar-refractivity contribution < 1.29 is 49.3 Å². The van der Waals surface area contributed by atoms with E-state index in [9.17, 15) is 35.1 Å². The number of ether oxygens (including phenoxy) is 3. The first kappa shape index (κ1) is 65.4. The molecule has 0 aliphatic carbocycles. The Kier molecular flexibility index (Phi) is 44.9. The average Bonchev–Trinajstić information content (AvgIpc) is 3.34. The zero-order chi connectivity index (χ0) is 50.4. The van der Waals surface area contributed by atoms with Crippen molar-refractivity contribution in [2.45, 2.75) is 333 Å². The van der Waals surface area contributed by atoms with Gasteiger partial charge in [0.05, 0.1) is 25.4 Å². The van der Waals surface area contributed by atoms with Crippen LogP contribution in [0.4, 0.5) is 0 Å². The van der Waals surface area contributed by atoms with E-state index in [1.807, 2.05) is 6.08 Å². The maximum Gasteiger partial charge on any atom is 0.306 e. The van der Waals surface area contributed by atoms with E-state index < -0.39 is 67.4 Å². The summed E-state index contributed by atoms with van der Waals surface area (Å²) in [5, 5.41) is 56.8. The highest BCUT2D eigenvalue weighted by molar-refractivity contribution is 5.80. The standard InChI is InChI=1S/C58H111NO10/c1-4-7-10-13-16-19-22-24-25-26-27-29-31-34-37-40-43-46-53(63)69-56-55(65)54(64)52(47-60)68-58(56)67-48-49(50(61)44-41-38-35-33-30-28-23-20-17-14-11-8-5-2)59-57(66)51(62)45-42-39-36-32-21-18-15-12-9-6-3/h41,44,49-52,54-56,58,60-62,64-65H,4-40,42-43,45-48H2,1-3H3,(H,59,66)/b44-41+. The van der Waals surface area contributed by atoms with Gasteiger partial charge in [-0.25, -0.2) is 0 Å². The van der Waals surface area contributed by atoms with E-state index >= 15 is 0 Å². The maximum atomic E-state index is 13.3. The minimum atomic E-state index is -1.60. The Hall–Kier alpha value is -1.60. The van der Waals surface area contributed by atoms with Crippen LogP contribution in [0.5, 0.6) is 0 Å². The van der Waals surface area contributed by atoms with E-state index in [0.29, 0.717) is 19.3 Å². The smallest absolute Gasteiger partial charge is 0.306 e. The van der Waals surface area contributed by atoms with Crippen LogP contribution in [0.3, 0.4) is 0 Å². The summed E-state index contributed by atoms with van der Waals surface area (Å²) in [4.78, 5) is 26.4. The number of esters is 1. The van der Waals surface area contributed by atoms with Crippen molar-refractivity contribution in [3.63, 3.8) is 0 Å². The molecule has 1 saturated heterocycles. The highest BCUT2D eigenvalue weighted by Gasteiger charge is 2.47. The first-order chi connectivity index (χ1) is 33.7. The number of aliphatic hydroxyl groups is 5. The van der Waals surface area contributed by atoms with Crippen LogP contribution in [-0.4, -0.2) is 99.6 Å². The van der Waals surface area contributed by atoms with Gasteiger partial charge in [-0.3, -0.25) is 9.59 Å². The molecule has 0 radical (unpaired) electrons. The molecule has 1 aliphatic heterocycles. The highest BCUT2D eigenvalue weighted by atomic mass is 16.7. The fraction of sp³-hybridized carbons (Fsp3) is 0.931. The largest absolute Gasteiger partial charge is 0.454 e. The van der Waals surface area contributed by atoms with Crippen LogP contribution in [0.25, 0.3) is 0 Å². The van der Waals surface area contributed by atoms with Gasteiger partial charge >= 0.3 is 5.97 Å². The van der Waals surface area contributed by atoms with E-state index in [2.05, 4.69) is 26.1 Å². The minimum absolute atomic E-state index is 0.131. The monoisotopic (exact) mass is 982 g/mol. The fourth-order valence-corrected chi connectivity index (χ4v) is 9.48. The third-order valence-electron chi connectivity index (χ3n) is 14.2. The van der Waals surface area contributed by atoms with Gasteiger partial charge in [0.1, 0.15) is 24.4 Å². The fourth-order valence-electron chi connectivity index (χ4n) is 9.48. The summed E-state index contributed by atoms with van der Waals surface area (Å²) in [6, 6.07) is -1.01. The number of carbonyl (C=O) groups is 2. The molecule has 69 heavy (non-hydrogen) atoms. The summed E-state index contributed by atoms with van der Waals surface area (Å²) in [5.74, 6) is -1.18. The van der Waals surface area contributed by atoms with Crippen LogP contribution < -0.4 is 5.32 Å². The number of amides is 1. The van der Waals surface area contributed by atoms with Gasteiger partial charge in [-0.15, -0.1) is 0 Å². The van der Waals surface area contributed by atoms with Crippen molar-refractivity contribution in [2.75, 3.05) is 13.2 Å². The first-order valence-electron chi connectivity index (χ1n) is 29.5. The normalized spacial score (nSPS) is 19.8. The lowest BCUT2D eigenvalue weighted by Crippen LogP contribution is -2.61. The lowest BCUT2D eigenvalue weighted by atomic mass is 9.99. The van der Waals surface area contributed by atoms with Gasteiger partial charge in [0, 0.05) is 6.42 Å². The van der Waals surface area contributed by atoms with Crippen molar-refractivity contribution in [3.8, 4) is 0 Å². The van der Waals surface area contributed by atoms with Gasteiger partial charge in [0.15, 0.2) is 12.4 Å². The van der Waals surface area contributed by atoms with Crippen LogP contribution in [-0.2, 0) is 23.8 Å². The molecule has 8 atom stereocenters. The Labute approximate surface area is 423 Å². The first-order valence-corrected chi connectivity index (χ1v) is 29.5. The van der Waals surface area contributed by atoms with Crippen molar-refractivity contribution in [1.82, 2.24) is 5.32 Å². The molecule has 0 aromatic carbocycles. The molecule has 1 aliphatic rings. The topological polar surface area (TPSA) is 175 Å². The highest BCUT2D eigenvalue weighted by Crippen LogP contribution is 2.26. The number of rotatable bonds is 50. The molecule has 0 saturated carbocycles. The van der Waals surface area contributed by atoms with E-state index in [1.54, 1.807) is 6.08 Å². The van der Waals surface area contributed by atoms with E-state index in [4.69, 9.17) is 14.2 Å². The molecule has 408 valence electrons. The Bertz CT molecular complexity index is 1170. The minimum Gasteiger partial charge on any atom is -0.454 e. The van der Waals surface area contributed by atoms with Crippen molar-refractivity contribution in [1.29, 1.82) is 0 Å². The molecule has 0 spiro atoms. The van der Waals surface area contributed by atoms with Crippen molar-refractivity contribution in [2.24, 2.45) is 0 Å². The van der Waals surface area contributed by atoms with E-state index in [1.165, 1.54) is 180 Å². The number of hydrogen-bond donors (Lipinski definition) is 6. The summed E-state index contributed by atoms with van der Waals surface area (Å²) >= 11 is 0. The Morgan fingerprint density at radius 1 is 0.551 bits per heavy atom. The van der Waals surface area contributed by atoms with Crippen molar-refractivity contribution >= 4 is 11.9 Å². The van der Waals surface area contributed by atoms with Gasteiger partial charge < -0.3 is 45.1 Å². The quantitative estimate of drug-likeness (QED) is 0.0195. The predicted molar refractivity (Wildman–Crippen MR) is 283 cm³/mol. The van der Waals surface area contributed by atoms with Crippen LogP contribution in [0.1, 0.15) is 284 Å². The lowest BCUT2D eigenvalue weighted by Gasteiger charge is -2.41. The maximum absolute atomic E-state index is 13.3. The molecule has 11 nitrogen and oxygen atoms in total. The molecule has 1 amide bonds. The number of unbranched alkanes of at least 4 members (excludes halogenated alkanes) is 36. The summed E-state index contributed by atoms with van der Waals surface area (Å²) in [7, 11) is 0. The molecule has 1 heterocycles. The molecular formula is C58H111NO10. The predicted octanol–water partition coefficient (Wildman–Crippen LogP) is 13.2. The zero-order valence-electron chi connectivity index (χ0n) is 45.0. The van der Waals surface area contributed by atoms with Crippen LogP contribution in [0, 0.1) is 0 Å². The second-order valence-electron chi connectivity index (χ2n) is 20.7. The second-order valence-corrected chi connectivity index (χ2v) is 20.7. The lowest BCUT2D eigenvalue weighted by molar-refractivity contribution is -0.305. The number of carbonyl (C=O) groups excluding carboxylic acids is 2. The third kappa shape index (κ3) is 36.1. The number of allylic oxidation sites excluding steroid dienone is 1. The molecule has 1 rings (SSSR count). The van der Waals surface area contributed by atoms with E-state index in [0.717, 1.165) is 57.8 Å². The average molecular weight is 983 g/mol. The second kappa shape index (κ2) is 47.4. The number of nitrogens with one attached hydrogen (secondary N) is 1. The van der Waals surface area contributed by atoms with Gasteiger partial charge in [-0.05, 0) is 25.7 Å². The molecule has 11 heteroatoms. The van der Waals surface area contributed by atoms with Gasteiger partial charge in [-0.1, -0.05) is 264 Å². The third-order valence-corrected chi connectivity index (χ3v) is 14.2. The van der Waals surface area contributed by atoms with Gasteiger partial charge in [0.25, 0.3) is 0 Å². The van der Waals surface area contributed by atoms with Crippen molar-refractivity contribution in [3.05, 3.63) is 12.2 Å².